The van der Waals surface area contributed by atoms with E-state index in [2.05, 4.69) is 0 Å². The van der Waals surface area contributed by atoms with E-state index in [4.69, 9.17) is 4.74 Å². The van der Waals surface area contributed by atoms with Gasteiger partial charge in [-0.05, 0) is 31.6 Å². The number of carbonyl (C=O) groups excluding carboxylic acids is 1. The SMILES string of the molecule is CCC(C)(C)C(=O)COC12CC3CC(O)(CC(O)(C3)C1)C2. The van der Waals surface area contributed by atoms with Crippen LogP contribution >= 0.6 is 0 Å². The van der Waals surface area contributed by atoms with Gasteiger partial charge in [-0.2, -0.15) is 0 Å². The predicted molar refractivity (Wildman–Crippen MR) is 78.9 cm³/mol. The molecule has 0 aliphatic heterocycles. The number of rotatable bonds is 5. The molecule has 4 aliphatic rings. The van der Waals surface area contributed by atoms with Crippen LogP contribution in [-0.2, 0) is 9.53 Å². The van der Waals surface area contributed by atoms with Crippen LogP contribution in [0.15, 0.2) is 0 Å². The molecule has 2 N–H and O–H groups in total. The lowest BCUT2D eigenvalue weighted by atomic mass is 9.50. The second-order valence-electron chi connectivity index (χ2n) is 8.59. The van der Waals surface area contributed by atoms with Crippen LogP contribution in [0.3, 0.4) is 0 Å². The predicted octanol–water partition coefficient (Wildman–Crippen LogP) is 2.21. The summed E-state index contributed by atoms with van der Waals surface area (Å²) in [6.07, 6.45) is 4.81. The molecule has 4 fully saturated rings. The molecule has 0 aromatic carbocycles. The van der Waals surface area contributed by atoms with Gasteiger partial charge in [0, 0.05) is 24.7 Å². The largest absolute Gasteiger partial charge is 0.390 e. The summed E-state index contributed by atoms with van der Waals surface area (Å²) in [5.74, 6) is 0.435. The first-order chi connectivity index (χ1) is 9.60. The Morgan fingerprint density at radius 1 is 1.14 bits per heavy atom. The van der Waals surface area contributed by atoms with Crippen molar-refractivity contribution < 1.29 is 19.7 Å². The van der Waals surface area contributed by atoms with E-state index < -0.39 is 16.8 Å². The van der Waals surface area contributed by atoms with E-state index in [1.807, 2.05) is 20.8 Å². The van der Waals surface area contributed by atoms with Gasteiger partial charge in [0.05, 0.1) is 16.8 Å². The average Bonchev–Trinajstić information content (AvgIpc) is 2.31. The number of carbonyl (C=O) groups is 1. The van der Waals surface area contributed by atoms with Crippen molar-refractivity contribution in [3.63, 3.8) is 0 Å². The molecule has 0 spiro atoms. The van der Waals surface area contributed by atoms with Crippen LogP contribution in [0.25, 0.3) is 0 Å². The van der Waals surface area contributed by atoms with E-state index in [-0.39, 0.29) is 17.8 Å². The zero-order chi connectivity index (χ0) is 15.5. The summed E-state index contributed by atoms with van der Waals surface area (Å²) in [6.45, 7) is 5.99. The highest BCUT2D eigenvalue weighted by Crippen LogP contribution is 2.60. The summed E-state index contributed by atoms with van der Waals surface area (Å²) >= 11 is 0. The summed E-state index contributed by atoms with van der Waals surface area (Å²) in [4.78, 5) is 12.3. The van der Waals surface area contributed by atoms with Crippen LogP contribution in [0.4, 0.5) is 0 Å². The van der Waals surface area contributed by atoms with Crippen LogP contribution in [0.1, 0.15) is 65.7 Å². The van der Waals surface area contributed by atoms with Crippen LogP contribution < -0.4 is 0 Å². The molecule has 2 atom stereocenters. The first-order valence-corrected chi connectivity index (χ1v) is 8.22. The Bertz CT molecular complexity index is 438. The summed E-state index contributed by atoms with van der Waals surface area (Å²) in [6, 6.07) is 0. The lowest BCUT2D eigenvalue weighted by molar-refractivity contribution is -0.266. The molecule has 0 amide bonds. The molecule has 0 heterocycles. The van der Waals surface area contributed by atoms with Gasteiger partial charge >= 0.3 is 0 Å². The van der Waals surface area contributed by atoms with E-state index in [1.54, 1.807) is 0 Å². The van der Waals surface area contributed by atoms with Crippen molar-refractivity contribution in [2.24, 2.45) is 11.3 Å². The van der Waals surface area contributed by atoms with Gasteiger partial charge in [0.2, 0.25) is 0 Å². The fraction of sp³-hybridized carbons (Fsp3) is 0.941. The molecule has 4 bridgehead atoms. The van der Waals surface area contributed by atoms with E-state index in [0.29, 0.717) is 25.2 Å². The van der Waals surface area contributed by atoms with Gasteiger partial charge in [-0.15, -0.1) is 0 Å². The molecule has 0 saturated heterocycles. The molecule has 2 unspecified atom stereocenters. The minimum Gasteiger partial charge on any atom is -0.390 e. The van der Waals surface area contributed by atoms with Gasteiger partial charge in [0.25, 0.3) is 0 Å². The molecule has 0 aromatic heterocycles. The lowest BCUT2D eigenvalue weighted by Crippen LogP contribution is -2.66. The fourth-order valence-corrected chi connectivity index (χ4v) is 5.02. The monoisotopic (exact) mass is 296 g/mol. The maximum Gasteiger partial charge on any atom is 0.164 e. The Hall–Kier alpha value is -0.450. The molecule has 4 nitrogen and oxygen atoms in total. The van der Waals surface area contributed by atoms with Gasteiger partial charge in [0.15, 0.2) is 5.78 Å². The lowest BCUT2D eigenvalue weighted by Gasteiger charge is -2.62. The highest BCUT2D eigenvalue weighted by molar-refractivity contribution is 5.85. The van der Waals surface area contributed by atoms with Crippen molar-refractivity contribution in [2.45, 2.75) is 82.5 Å². The van der Waals surface area contributed by atoms with Crippen LogP contribution in [0, 0.1) is 11.3 Å². The molecule has 4 rings (SSSR count). The van der Waals surface area contributed by atoms with Crippen molar-refractivity contribution in [3.05, 3.63) is 0 Å². The first-order valence-electron chi connectivity index (χ1n) is 8.22. The molecule has 120 valence electrons. The smallest absolute Gasteiger partial charge is 0.164 e. The molecular weight excluding hydrogens is 268 g/mol. The van der Waals surface area contributed by atoms with E-state index in [1.165, 1.54) is 0 Å². The zero-order valence-electron chi connectivity index (χ0n) is 13.4. The van der Waals surface area contributed by atoms with Crippen molar-refractivity contribution in [1.82, 2.24) is 0 Å². The van der Waals surface area contributed by atoms with Crippen LogP contribution in [0.5, 0.6) is 0 Å². The fourth-order valence-electron chi connectivity index (χ4n) is 5.02. The quantitative estimate of drug-likeness (QED) is 0.816. The highest BCUT2D eigenvalue weighted by atomic mass is 16.5. The molecule has 4 aliphatic carbocycles. The average molecular weight is 296 g/mol. The zero-order valence-corrected chi connectivity index (χ0v) is 13.4. The maximum absolute atomic E-state index is 12.3. The van der Waals surface area contributed by atoms with Crippen molar-refractivity contribution in [1.29, 1.82) is 0 Å². The Morgan fingerprint density at radius 2 is 1.71 bits per heavy atom. The van der Waals surface area contributed by atoms with Crippen molar-refractivity contribution in [2.75, 3.05) is 6.61 Å². The summed E-state index contributed by atoms with van der Waals surface area (Å²) < 4.78 is 6.05. The Balaban J connectivity index is 1.72. The number of ether oxygens (including phenoxy) is 1. The normalized spacial score (nSPS) is 45.1. The van der Waals surface area contributed by atoms with E-state index in [9.17, 15) is 15.0 Å². The number of aliphatic hydroxyl groups is 2. The molecule has 0 aromatic rings. The Labute approximate surface area is 126 Å². The van der Waals surface area contributed by atoms with Gasteiger partial charge in [-0.1, -0.05) is 20.8 Å². The Kier molecular flexibility index (Phi) is 3.33. The van der Waals surface area contributed by atoms with Crippen LogP contribution in [0.2, 0.25) is 0 Å². The standard InChI is InChI=1S/C17H28O4/c1-4-14(2,3)13(18)8-21-17-7-12-5-15(19,10-17)9-16(20,6-12)11-17/h12,19-20H,4-11H2,1-3H3. The third kappa shape index (κ3) is 2.66. The summed E-state index contributed by atoms with van der Waals surface area (Å²) in [5.41, 5.74) is -2.45. The third-order valence-electron chi connectivity index (χ3n) is 6.11. The Morgan fingerprint density at radius 3 is 2.19 bits per heavy atom. The number of hydrogen-bond acceptors (Lipinski definition) is 4. The van der Waals surface area contributed by atoms with E-state index >= 15 is 0 Å². The third-order valence-corrected chi connectivity index (χ3v) is 6.11. The maximum atomic E-state index is 12.3. The highest BCUT2D eigenvalue weighted by Gasteiger charge is 2.63. The number of ketones is 1. The minimum absolute atomic E-state index is 0.0969. The summed E-state index contributed by atoms with van der Waals surface area (Å²) in [7, 11) is 0. The summed E-state index contributed by atoms with van der Waals surface area (Å²) in [5, 5.41) is 21.4. The second kappa shape index (κ2) is 4.53. The van der Waals surface area contributed by atoms with Gasteiger partial charge in [-0.25, -0.2) is 0 Å². The minimum atomic E-state index is -0.794. The van der Waals surface area contributed by atoms with Gasteiger partial charge in [-0.3, -0.25) is 4.79 Å². The van der Waals surface area contributed by atoms with Gasteiger partial charge in [0.1, 0.15) is 6.61 Å². The second-order valence-corrected chi connectivity index (χ2v) is 8.59. The van der Waals surface area contributed by atoms with Gasteiger partial charge < -0.3 is 14.9 Å². The molecule has 4 heteroatoms. The number of Topliss-reactive ketones (excluding diaryl/α,β-unsaturated/α-hetero) is 1. The van der Waals surface area contributed by atoms with Crippen molar-refractivity contribution in [3.8, 4) is 0 Å². The number of hydrogen-bond donors (Lipinski definition) is 2. The van der Waals surface area contributed by atoms with Crippen molar-refractivity contribution >= 4 is 5.78 Å². The van der Waals surface area contributed by atoms with E-state index in [0.717, 1.165) is 25.7 Å². The first kappa shape index (κ1) is 15.4. The molecule has 21 heavy (non-hydrogen) atoms. The topological polar surface area (TPSA) is 66.8 Å². The molecule has 0 radical (unpaired) electrons. The van der Waals surface area contributed by atoms with Crippen LogP contribution in [-0.4, -0.2) is 39.4 Å². The molecule has 4 saturated carbocycles. The molecular formula is C17H28O4.